The average Bonchev–Trinajstić information content (AvgIpc) is 3.08. The van der Waals surface area contributed by atoms with Crippen LogP contribution in [0.5, 0.6) is 5.75 Å². The fourth-order valence-electron chi connectivity index (χ4n) is 3.83. The van der Waals surface area contributed by atoms with Crippen LogP contribution in [0.1, 0.15) is 32.1 Å². The van der Waals surface area contributed by atoms with E-state index in [4.69, 9.17) is 4.74 Å². The van der Waals surface area contributed by atoms with Crippen LogP contribution in [0.3, 0.4) is 0 Å². The van der Waals surface area contributed by atoms with Gasteiger partial charge in [0.15, 0.2) is 0 Å². The minimum atomic E-state index is -0.0735. The molecule has 2 aliphatic rings. The summed E-state index contributed by atoms with van der Waals surface area (Å²) >= 11 is 0. The van der Waals surface area contributed by atoms with Gasteiger partial charge in [0, 0.05) is 18.5 Å². The van der Waals surface area contributed by atoms with Crippen LogP contribution < -0.4 is 4.74 Å². The molecular weight excluding hydrogens is 250 g/mol. The van der Waals surface area contributed by atoms with E-state index in [1.54, 1.807) is 0 Å². The second kappa shape index (κ2) is 6.59. The fraction of sp³-hybridized carbons (Fsp3) is 0.647. The van der Waals surface area contributed by atoms with Crippen LogP contribution in [-0.4, -0.2) is 41.8 Å². The van der Waals surface area contributed by atoms with Crippen molar-refractivity contribution in [2.75, 3.05) is 19.7 Å². The predicted molar refractivity (Wildman–Crippen MR) is 79.9 cm³/mol. The Morgan fingerprint density at radius 1 is 1.10 bits per heavy atom. The molecule has 1 saturated carbocycles. The first-order valence-corrected chi connectivity index (χ1v) is 7.94. The van der Waals surface area contributed by atoms with E-state index in [0.717, 1.165) is 31.9 Å². The number of para-hydroxylation sites is 1. The summed E-state index contributed by atoms with van der Waals surface area (Å²) in [6.07, 6.45) is 5.82. The van der Waals surface area contributed by atoms with Crippen LogP contribution in [0, 0.1) is 5.92 Å². The van der Waals surface area contributed by atoms with Gasteiger partial charge in [0.1, 0.15) is 12.4 Å². The number of rotatable bonds is 5. The van der Waals surface area contributed by atoms with Crippen molar-refractivity contribution in [1.29, 1.82) is 0 Å². The van der Waals surface area contributed by atoms with E-state index in [1.807, 2.05) is 30.3 Å². The minimum absolute atomic E-state index is 0.0735. The Morgan fingerprint density at radius 3 is 2.70 bits per heavy atom. The van der Waals surface area contributed by atoms with Gasteiger partial charge in [0.05, 0.1) is 6.10 Å². The highest BCUT2D eigenvalue weighted by Gasteiger charge is 2.37. The molecule has 3 heteroatoms. The summed E-state index contributed by atoms with van der Waals surface area (Å²) in [7, 11) is 0. The van der Waals surface area contributed by atoms with Gasteiger partial charge in [-0.2, -0.15) is 0 Å². The van der Waals surface area contributed by atoms with Crippen LogP contribution in [0.2, 0.25) is 0 Å². The molecule has 3 nitrogen and oxygen atoms in total. The van der Waals surface area contributed by atoms with Crippen molar-refractivity contribution in [2.45, 2.75) is 44.2 Å². The summed E-state index contributed by atoms with van der Waals surface area (Å²) in [5, 5.41) is 10.1. The first-order valence-electron chi connectivity index (χ1n) is 7.94. The molecule has 20 heavy (non-hydrogen) atoms. The molecule has 2 fully saturated rings. The molecule has 0 aromatic heterocycles. The van der Waals surface area contributed by atoms with E-state index >= 15 is 0 Å². The third kappa shape index (κ3) is 3.15. The number of hydrogen-bond acceptors (Lipinski definition) is 3. The third-order valence-electron chi connectivity index (χ3n) is 4.83. The molecule has 110 valence electrons. The van der Waals surface area contributed by atoms with Crippen molar-refractivity contribution >= 4 is 0 Å². The van der Waals surface area contributed by atoms with Gasteiger partial charge < -0.3 is 9.84 Å². The number of hydrogen-bond donors (Lipinski definition) is 1. The molecule has 0 radical (unpaired) electrons. The normalized spacial score (nSPS) is 30.8. The highest BCUT2D eigenvalue weighted by Crippen LogP contribution is 2.35. The lowest BCUT2D eigenvalue weighted by Gasteiger charge is -2.31. The van der Waals surface area contributed by atoms with Crippen molar-refractivity contribution in [2.24, 2.45) is 5.92 Å². The molecule has 1 heterocycles. The third-order valence-corrected chi connectivity index (χ3v) is 4.83. The molecule has 1 aromatic carbocycles. The van der Waals surface area contributed by atoms with E-state index in [1.165, 1.54) is 25.7 Å². The largest absolute Gasteiger partial charge is 0.492 e. The van der Waals surface area contributed by atoms with Crippen LogP contribution in [0.4, 0.5) is 0 Å². The lowest BCUT2D eigenvalue weighted by atomic mass is 9.94. The van der Waals surface area contributed by atoms with Crippen molar-refractivity contribution in [3.63, 3.8) is 0 Å². The standard InChI is InChI=1S/C17H25NO2/c19-17-10-4-8-15(17)16-9-5-11-18(16)12-13-20-14-6-2-1-3-7-14/h1-3,6-7,15-17,19H,4-5,8-13H2. The van der Waals surface area contributed by atoms with Crippen LogP contribution in [-0.2, 0) is 0 Å². The van der Waals surface area contributed by atoms with Crippen molar-refractivity contribution < 1.29 is 9.84 Å². The second-order valence-electron chi connectivity index (χ2n) is 6.07. The minimum Gasteiger partial charge on any atom is -0.492 e. The first-order chi connectivity index (χ1) is 9.84. The van der Waals surface area contributed by atoms with Gasteiger partial charge in [-0.15, -0.1) is 0 Å². The Bertz CT molecular complexity index is 409. The van der Waals surface area contributed by atoms with Crippen LogP contribution in [0.25, 0.3) is 0 Å². The molecule has 1 saturated heterocycles. The van der Waals surface area contributed by atoms with E-state index in [-0.39, 0.29) is 6.10 Å². The summed E-state index contributed by atoms with van der Waals surface area (Å²) < 4.78 is 5.80. The molecule has 3 rings (SSSR count). The average molecular weight is 275 g/mol. The predicted octanol–water partition coefficient (Wildman–Crippen LogP) is 2.69. The first kappa shape index (κ1) is 13.9. The zero-order valence-electron chi connectivity index (χ0n) is 12.1. The SMILES string of the molecule is OC1CCCC1C1CCCN1CCOc1ccccc1. The Kier molecular flexibility index (Phi) is 4.58. The quantitative estimate of drug-likeness (QED) is 0.897. The number of ether oxygens (including phenoxy) is 1. The van der Waals surface area contributed by atoms with Crippen molar-refractivity contribution in [3.8, 4) is 5.75 Å². The van der Waals surface area contributed by atoms with E-state index in [2.05, 4.69) is 4.90 Å². The summed E-state index contributed by atoms with van der Waals surface area (Å²) in [5.41, 5.74) is 0. The topological polar surface area (TPSA) is 32.7 Å². The number of nitrogens with zero attached hydrogens (tertiary/aromatic N) is 1. The molecule has 3 atom stereocenters. The molecule has 3 unspecified atom stereocenters. The maximum atomic E-state index is 10.1. The molecule has 1 N–H and O–H groups in total. The monoisotopic (exact) mass is 275 g/mol. The molecule has 1 aromatic rings. The van der Waals surface area contributed by atoms with Gasteiger partial charge in [-0.05, 0) is 44.4 Å². The number of likely N-dealkylation sites (tertiary alicyclic amines) is 1. The highest BCUT2D eigenvalue weighted by molar-refractivity contribution is 5.20. The summed E-state index contributed by atoms with van der Waals surface area (Å²) in [5.74, 6) is 1.44. The molecular formula is C17H25NO2. The maximum Gasteiger partial charge on any atom is 0.119 e. The Balaban J connectivity index is 1.49. The number of aliphatic hydroxyl groups excluding tert-OH is 1. The Morgan fingerprint density at radius 2 is 1.95 bits per heavy atom. The summed E-state index contributed by atoms with van der Waals surface area (Å²) in [6.45, 7) is 2.87. The number of benzene rings is 1. The van der Waals surface area contributed by atoms with Crippen LogP contribution >= 0.6 is 0 Å². The summed E-state index contributed by atoms with van der Waals surface area (Å²) in [6, 6.07) is 10.6. The van der Waals surface area contributed by atoms with Gasteiger partial charge in [0.25, 0.3) is 0 Å². The lowest BCUT2D eigenvalue weighted by Crippen LogP contribution is -2.40. The number of aliphatic hydroxyl groups is 1. The van der Waals surface area contributed by atoms with Crippen LogP contribution in [0.15, 0.2) is 30.3 Å². The molecule has 1 aliphatic carbocycles. The second-order valence-corrected chi connectivity index (χ2v) is 6.07. The van der Waals surface area contributed by atoms with Gasteiger partial charge in [-0.25, -0.2) is 0 Å². The van der Waals surface area contributed by atoms with Gasteiger partial charge in [0.2, 0.25) is 0 Å². The van der Waals surface area contributed by atoms with E-state index < -0.39 is 0 Å². The molecule has 0 bridgehead atoms. The van der Waals surface area contributed by atoms with Gasteiger partial charge >= 0.3 is 0 Å². The van der Waals surface area contributed by atoms with Crippen molar-refractivity contribution in [3.05, 3.63) is 30.3 Å². The molecule has 1 aliphatic heterocycles. The Hall–Kier alpha value is -1.06. The van der Waals surface area contributed by atoms with Crippen molar-refractivity contribution in [1.82, 2.24) is 4.90 Å². The zero-order chi connectivity index (χ0) is 13.8. The Labute approximate surface area is 121 Å². The molecule has 0 spiro atoms. The highest BCUT2D eigenvalue weighted by atomic mass is 16.5. The zero-order valence-corrected chi connectivity index (χ0v) is 12.1. The van der Waals surface area contributed by atoms with E-state index in [0.29, 0.717) is 12.0 Å². The van der Waals surface area contributed by atoms with E-state index in [9.17, 15) is 5.11 Å². The van der Waals surface area contributed by atoms with Gasteiger partial charge in [-0.1, -0.05) is 24.6 Å². The molecule has 0 amide bonds. The maximum absolute atomic E-state index is 10.1. The van der Waals surface area contributed by atoms with Gasteiger partial charge in [-0.3, -0.25) is 4.90 Å². The lowest BCUT2D eigenvalue weighted by molar-refractivity contribution is 0.0690. The smallest absolute Gasteiger partial charge is 0.119 e. The summed E-state index contributed by atoms with van der Waals surface area (Å²) in [4.78, 5) is 2.53. The fourth-order valence-corrected chi connectivity index (χ4v) is 3.83.